The van der Waals surface area contributed by atoms with Crippen LogP contribution in [0.25, 0.3) is 5.57 Å². The van der Waals surface area contributed by atoms with Crippen molar-refractivity contribution in [1.82, 2.24) is 4.90 Å². The molecular weight excluding hydrogens is 546 g/mol. The highest BCUT2D eigenvalue weighted by molar-refractivity contribution is 9.10. The van der Waals surface area contributed by atoms with Crippen molar-refractivity contribution < 1.29 is 24.1 Å². The number of morpholine rings is 1. The molecule has 0 amide bonds. The Labute approximate surface area is 232 Å². The molecule has 3 aromatic carbocycles. The Kier molecular flexibility index (Phi) is 9.99. The van der Waals surface area contributed by atoms with Crippen LogP contribution in [0.1, 0.15) is 22.3 Å². The summed E-state index contributed by atoms with van der Waals surface area (Å²) in [4.78, 5) is 13.1. The summed E-state index contributed by atoms with van der Waals surface area (Å²) in [6.07, 6.45) is 2.06. The fraction of sp³-hybridized carbons (Fsp3) is 0.258. The molecule has 0 saturated carbocycles. The summed E-state index contributed by atoms with van der Waals surface area (Å²) in [5.74, 6) is 6.74. The fourth-order valence-electron chi connectivity index (χ4n) is 4.01. The summed E-state index contributed by atoms with van der Waals surface area (Å²) in [6, 6.07) is 21.8. The predicted molar refractivity (Wildman–Crippen MR) is 152 cm³/mol. The first kappa shape index (κ1) is 27.5. The van der Waals surface area contributed by atoms with Gasteiger partial charge in [0.1, 0.15) is 18.1 Å². The molecule has 6 nitrogen and oxygen atoms in total. The highest BCUT2D eigenvalue weighted by Gasteiger charge is 2.09. The van der Waals surface area contributed by atoms with E-state index in [1.807, 2.05) is 25.1 Å². The smallest absolute Gasteiger partial charge is 0.341 e. The van der Waals surface area contributed by atoms with Crippen LogP contribution >= 0.6 is 15.9 Å². The van der Waals surface area contributed by atoms with Gasteiger partial charge in [0.15, 0.2) is 6.61 Å². The van der Waals surface area contributed by atoms with Crippen LogP contribution in [0, 0.1) is 18.8 Å². The second-order valence-corrected chi connectivity index (χ2v) is 9.73. The highest BCUT2D eigenvalue weighted by atomic mass is 79.9. The van der Waals surface area contributed by atoms with Crippen molar-refractivity contribution in [2.45, 2.75) is 6.92 Å². The van der Waals surface area contributed by atoms with E-state index in [4.69, 9.17) is 19.3 Å². The monoisotopic (exact) mass is 575 g/mol. The van der Waals surface area contributed by atoms with E-state index in [2.05, 4.69) is 75.1 Å². The van der Waals surface area contributed by atoms with Crippen LogP contribution in [0.5, 0.6) is 11.5 Å². The number of aryl methyl sites for hydroxylation is 1. The summed E-state index contributed by atoms with van der Waals surface area (Å²) in [5.41, 5.74) is 5.00. The first-order valence-electron chi connectivity index (χ1n) is 12.4. The van der Waals surface area contributed by atoms with E-state index in [-0.39, 0.29) is 6.61 Å². The average molecular weight is 576 g/mol. The number of aliphatic carboxylic acids is 1. The van der Waals surface area contributed by atoms with E-state index >= 15 is 0 Å². The molecule has 7 heteroatoms. The number of halogens is 1. The van der Waals surface area contributed by atoms with Crippen LogP contribution in [0.4, 0.5) is 0 Å². The number of hydrogen-bond acceptors (Lipinski definition) is 5. The maximum absolute atomic E-state index is 10.8. The van der Waals surface area contributed by atoms with Crippen molar-refractivity contribution in [3.05, 3.63) is 99.5 Å². The van der Waals surface area contributed by atoms with Crippen LogP contribution in [0.3, 0.4) is 0 Å². The summed E-state index contributed by atoms with van der Waals surface area (Å²) in [6.45, 7) is 6.00. The van der Waals surface area contributed by atoms with Gasteiger partial charge in [-0.1, -0.05) is 52.0 Å². The van der Waals surface area contributed by atoms with Crippen molar-refractivity contribution in [3.63, 3.8) is 0 Å². The Bertz CT molecular complexity index is 1320. The molecular formula is C31H30BrNO5. The van der Waals surface area contributed by atoms with Crippen LogP contribution in [-0.4, -0.2) is 62.0 Å². The summed E-state index contributed by atoms with van der Waals surface area (Å²) in [5, 5.41) is 8.82. The first-order chi connectivity index (χ1) is 18.5. The van der Waals surface area contributed by atoms with Gasteiger partial charge >= 0.3 is 5.97 Å². The Morgan fingerprint density at radius 3 is 2.37 bits per heavy atom. The van der Waals surface area contributed by atoms with Gasteiger partial charge in [-0.05, 0) is 77.7 Å². The number of ether oxygens (including phenoxy) is 3. The third-order valence-electron chi connectivity index (χ3n) is 6.03. The van der Waals surface area contributed by atoms with E-state index in [1.165, 1.54) is 0 Å². The van der Waals surface area contributed by atoms with Crippen molar-refractivity contribution >= 4 is 27.5 Å². The first-order valence-corrected chi connectivity index (χ1v) is 13.2. The Morgan fingerprint density at radius 1 is 1.03 bits per heavy atom. The zero-order chi connectivity index (χ0) is 26.7. The molecule has 0 aliphatic carbocycles. The molecule has 1 fully saturated rings. The number of carboxylic acids is 1. The number of benzene rings is 3. The van der Waals surface area contributed by atoms with Crippen molar-refractivity contribution in [2.24, 2.45) is 0 Å². The van der Waals surface area contributed by atoms with Crippen molar-refractivity contribution in [3.8, 4) is 23.3 Å². The number of carbonyl (C=O) groups is 1. The van der Waals surface area contributed by atoms with E-state index in [0.717, 1.165) is 65.1 Å². The van der Waals surface area contributed by atoms with Gasteiger partial charge in [0.05, 0.1) is 19.8 Å². The molecule has 1 saturated heterocycles. The lowest BCUT2D eigenvalue weighted by atomic mass is 9.97. The molecule has 38 heavy (non-hydrogen) atoms. The van der Waals surface area contributed by atoms with Gasteiger partial charge in [-0.2, -0.15) is 0 Å². The molecule has 0 radical (unpaired) electrons. The molecule has 0 bridgehead atoms. The number of carboxylic acid groups (broad SMARTS) is 1. The standard InChI is InChI=1S/C31H30BrNO5/c1-23-21-28(12-13-30(23)38-22-31(34)35)37-18-14-29(26-8-10-27(32)11-9-26)25-6-4-24(5-7-25)3-2-15-33-16-19-36-20-17-33/h4-14,21H,15-20,22H2,1H3,(H,34,35)/b29-14-. The van der Waals surface area contributed by atoms with E-state index in [0.29, 0.717) is 18.1 Å². The zero-order valence-corrected chi connectivity index (χ0v) is 22.9. The molecule has 0 atom stereocenters. The van der Waals surface area contributed by atoms with Gasteiger partial charge in [0, 0.05) is 23.1 Å². The molecule has 1 N–H and O–H groups in total. The molecule has 0 unspecified atom stereocenters. The summed E-state index contributed by atoms with van der Waals surface area (Å²) >= 11 is 3.52. The van der Waals surface area contributed by atoms with Crippen LogP contribution in [0.2, 0.25) is 0 Å². The van der Waals surface area contributed by atoms with Gasteiger partial charge in [0.25, 0.3) is 0 Å². The predicted octanol–water partition coefficient (Wildman–Crippen LogP) is 5.42. The van der Waals surface area contributed by atoms with E-state index in [9.17, 15) is 4.79 Å². The normalized spacial score (nSPS) is 13.9. The minimum atomic E-state index is -1.01. The SMILES string of the molecule is Cc1cc(OC/C=C(\c2ccc(Br)cc2)c2ccc(C#CCN3CCOCC3)cc2)ccc1OCC(=O)O. The molecule has 0 aromatic heterocycles. The van der Waals surface area contributed by atoms with Gasteiger partial charge in [-0.25, -0.2) is 4.79 Å². The molecule has 1 aliphatic heterocycles. The van der Waals surface area contributed by atoms with Gasteiger partial charge in [-0.15, -0.1) is 0 Å². The highest BCUT2D eigenvalue weighted by Crippen LogP contribution is 2.27. The lowest BCUT2D eigenvalue weighted by molar-refractivity contribution is -0.139. The molecule has 3 aromatic rings. The summed E-state index contributed by atoms with van der Waals surface area (Å²) < 4.78 is 17.7. The van der Waals surface area contributed by atoms with Crippen LogP contribution < -0.4 is 9.47 Å². The quantitative estimate of drug-likeness (QED) is 0.344. The molecule has 0 spiro atoms. The second kappa shape index (κ2) is 13.8. The van der Waals surface area contributed by atoms with Gasteiger partial charge < -0.3 is 19.3 Å². The number of hydrogen-bond donors (Lipinski definition) is 1. The van der Waals surface area contributed by atoms with Gasteiger partial charge in [0.2, 0.25) is 0 Å². The lowest BCUT2D eigenvalue weighted by Crippen LogP contribution is -2.36. The Balaban J connectivity index is 1.46. The topological polar surface area (TPSA) is 68.2 Å². The molecule has 4 rings (SSSR count). The summed E-state index contributed by atoms with van der Waals surface area (Å²) in [7, 11) is 0. The molecule has 1 heterocycles. The average Bonchev–Trinajstić information content (AvgIpc) is 2.92. The minimum absolute atomic E-state index is 0.362. The number of rotatable bonds is 9. The number of nitrogens with zero attached hydrogens (tertiary/aromatic N) is 1. The Hall–Kier alpha value is -3.57. The van der Waals surface area contributed by atoms with Crippen LogP contribution in [-0.2, 0) is 9.53 Å². The largest absolute Gasteiger partial charge is 0.489 e. The van der Waals surface area contributed by atoms with Gasteiger partial charge in [-0.3, -0.25) is 4.90 Å². The third kappa shape index (κ3) is 8.22. The van der Waals surface area contributed by atoms with E-state index < -0.39 is 5.97 Å². The lowest BCUT2D eigenvalue weighted by Gasteiger charge is -2.24. The van der Waals surface area contributed by atoms with Crippen molar-refractivity contribution in [1.29, 1.82) is 0 Å². The second-order valence-electron chi connectivity index (χ2n) is 8.81. The Morgan fingerprint density at radius 2 is 1.71 bits per heavy atom. The van der Waals surface area contributed by atoms with Crippen LogP contribution in [0.15, 0.2) is 77.3 Å². The van der Waals surface area contributed by atoms with E-state index in [1.54, 1.807) is 12.1 Å². The minimum Gasteiger partial charge on any atom is -0.489 e. The third-order valence-corrected chi connectivity index (χ3v) is 6.55. The maximum atomic E-state index is 10.8. The maximum Gasteiger partial charge on any atom is 0.341 e. The zero-order valence-electron chi connectivity index (χ0n) is 21.3. The fourth-order valence-corrected chi connectivity index (χ4v) is 4.28. The molecule has 196 valence electrons. The molecule has 1 aliphatic rings. The van der Waals surface area contributed by atoms with Crippen molar-refractivity contribution in [2.75, 3.05) is 46.1 Å².